The minimum absolute atomic E-state index is 0.235. The molecule has 160 valence electrons. The molecule has 0 bridgehead atoms. The van der Waals surface area contributed by atoms with E-state index in [1.165, 1.54) is 31.2 Å². The van der Waals surface area contributed by atoms with Gasteiger partial charge in [-0.15, -0.1) is 0 Å². The van der Waals surface area contributed by atoms with Gasteiger partial charge in [0.15, 0.2) is 12.4 Å². The first kappa shape index (κ1) is 21.9. The summed E-state index contributed by atoms with van der Waals surface area (Å²) in [5, 5.41) is 2.59. The predicted octanol–water partition coefficient (Wildman–Crippen LogP) is 2.69. The average Bonchev–Trinajstić information content (AvgIpc) is 2.97. The Balaban J connectivity index is 1.69. The number of esters is 1. The largest absolute Gasteiger partial charge is 0.456 e. The summed E-state index contributed by atoms with van der Waals surface area (Å²) in [7, 11) is 0. The topological polar surface area (TPSA) is 110 Å². The van der Waals surface area contributed by atoms with Crippen molar-refractivity contribution >= 4 is 35.2 Å². The van der Waals surface area contributed by atoms with E-state index < -0.39 is 42.1 Å². The van der Waals surface area contributed by atoms with Crippen molar-refractivity contribution in [1.29, 1.82) is 0 Å². The number of hydrogen-bond acceptors (Lipinski definition) is 6. The minimum atomic E-state index is -1.15. The second-order valence-electron chi connectivity index (χ2n) is 7.50. The summed E-state index contributed by atoms with van der Waals surface area (Å²) in [6, 6.07) is 11.3. The van der Waals surface area contributed by atoms with Crippen molar-refractivity contribution in [3.63, 3.8) is 0 Å². The second-order valence-corrected chi connectivity index (χ2v) is 7.50. The Bertz CT molecular complexity index is 1020. The van der Waals surface area contributed by atoms with Gasteiger partial charge in [-0.3, -0.25) is 24.1 Å². The highest BCUT2D eigenvalue weighted by Gasteiger charge is 2.44. The highest BCUT2D eigenvalue weighted by Crippen LogP contribution is 2.27. The fraction of sp³-hybridized carbons (Fsp3) is 0.261. The fourth-order valence-electron chi connectivity index (χ4n) is 3.38. The van der Waals surface area contributed by atoms with E-state index in [4.69, 9.17) is 4.74 Å². The zero-order valence-electron chi connectivity index (χ0n) is 17.4. The molecule has 31 heavy (non-hydrogen) atoms. The molecule has 0 radical (unpaired) electrons. The van der Waals surface area contributed by atoms with Gasteiger partial charge in [0.05, 0.1) is 11.1 Å². The lowest BCUT2D eigenvalue weighted by atomic mass is 10.0. The van der Waals surface area contributed by atoms with Crippen LogP contribution in [-0.2, 0) is 14.3 Å². The van der Waals surface area contributed by atoms with Gasteiger partial charge in [-0.05, 0) is 42.3 Å². The summed E-state index contributed by atoms with van der Waals surface area (Å²) in [6.45, 7) is 4.22. The van der Waals surface area contributed by atoms with Crippen LogP contribution in [0.4, 0.5) is 5.69 Å². The molecule has 0 fully saturated rings. The highest BCUT2D eigenvalue weighted by atomic mass is 16.5. The van der Waals surface area contributed by atoms with Gasteiger partial charge in [0.2, 0.25) is 5.91 Å². The smallest absolute Gasteiger partial charge is 0.330 e. The van der Waals surface area contributed by atoms with Crippen molar-refractivity contribution in [2.24, 2.45) is 5.92 Å². The van der Waals surface area contributed by atoms with Crippen molar-refractivity contribution < 1.29 is 28.7 Å². The van der Waals surface area contributed by atoms with Gasteiger partial charge in [0.1, 0.15) is 6.04 Å². The molecule has 1 N–H and O–H groups in total. The van der Waals surface area contributed by atoms with E-state index in [1.807, 2.05) is 0 Å². The number of anilines is 1. The summed E-state index contributed by atoms with van der Waals surface area (Å²) in [5.74, 6) is -3.05. The van der Waals surface area contributed by atoms with Gasteiger partial charge in [-0.25, -0.2) is 4.79 Å². The molecular formula is C23H22N2O6. The normalized spacial score (nSPS) is 13.7. The number of hydrogen-bond donors (Lipinski definition) is 1. The molecule has 0 saturated carbocycles. The van der Waals surface area contributed by atoms with Gasteiger partial charge in [0.25, 0.3) is 11.8 Å². The van der Waals surface area contributed by atoms with Gasteiger partial charge in [-0.2, -0.15) is 0 Å². The number of ketones is 1. The number of carbonyl (C=O) groups excluding carboxylic acids is 5. The van der Waals surface area contributed by atoms with Crippen LogP contribution in [0.2, 0.25) is 0 Å². The number of Topliss-reactive ketones (excluding diaryl/α,β-unsaturated/α-hetero) is 1. The van der Waals surface area contributed by atoms with Crippen LogP contribution >= 0.6 is 0 Å². The number of fused-ring (bicyclic) bond motifs is 1. The Labute approximate surface area is 179 Å². The van der Waals surface area contributed by atoms with E-state index in [9.17, 15) is 24.0 Å². The molecule has 1 heterocycles. The molecular weight excluding hydrogens is 400 g/mol. The van der Waals surface area contributed by atoms with Crippen LogP contribution in [0.3, 0.4) is 0 Å². The number of amides is 3. The first-order valence-electron chi connectivity index (χ1n) is 9.75. The number of carbonyl (C=O) groups is 5. The van der Waals surface area contributed by atoms with Crippen molar-refractivity contribution in [3.8, 4) is 0 Å². The molecule has 0 aliphatic carbocycles. The van der Waals surface area contributed by atoms with Crippen LogP contribution in [0.15, 0.2) is 48.5 Å². The molecule has 0 saturated heterocycles. The molecule has 1 atom stereocenters. The maximum absolute atomic E-state index is 12.8. The van der Waals surface area contributed by atoms with Gasteiger partial charge in [0, 0.05) is 18.2 Å². The van der Waals surface area contributed by atoms with Crippen LogP contribution in [0.1, 0.15) is 51.8 Å². The number of imide groups is 1. The van der Waals surface area contributed by atoms with E-state index >= 15 is 0 Å². The van der Waals surface area contributed by atoms with E-state index in [0.29, 0.717) is 11.3 Å². The zero-order chi connectivity index (χ0) is 22.7. The lowest BCUT2D eigenvalue weighted by Gasteiger charge is -2.27. The van der Waals surface area contributed by atoms with Crippen LogP contribution in [0, 0.1) is 5.92 Å². The van der Waals surface area contributed by atoms with Crippen LogP contribution in [0.25, 0.3) is 0 Å². The quantitative estimate of drug-likeness (QED) is 0.417. The average molecular weight is 422 g/mol. The van der Waals surface area contributed by atoms with Crippen molar-refractivity contribution in [2.45, 2.75) is 26.8 Å². The first-order chi connectivity index (χ1) is 14.7. The van der Waals surface area contributed by atoms with E-state index in [2.05, 4.69) is 5.32 Å². The highest BCUT2D eigenvalue weighted by molar-refractivity contribution is 6.22. The summed E-state index contributed by atoms with van der Waals surface area (Å²) in [5.41, 5.74) is 1.30. The molecule has 1 aliphatic rings. The lowest BCUT2D eigenvalue weighted by molar-refractivity contribution is -0.148. The van der Waals surface area contributed by atoms with E-state index in [0.717, 1.165) is 4.90 Å². The molecule has 8 heteroatoms. The molecule has 0 spiro atoms. The van der Waals surface area contributed by atoms with E-state index in [1.54, 1.807) is 38.1 Å². The minimum Gasteiger partial charge on any atom is -0.456 e. The summed E-state index contributed by atoms with van der Waals surface area (Å²) < 4.78 is 5.18. The predicted molar refractivity (Wildman–Crippen MR) is 112 cm³/mol. The van der Waals surface area contributed by atoms with Crippen LogP contribution < -0.4 is 5.32 Å². The number of rotatable bonds is 7. The maximum atomic E-state index is 12.8. The molecule has 2 aromatic carbocycles. The first-order valence-corrected chi connectivity index (χ1v) is 9.75. The molecule has 3 amide bonds. The molecule has 8 nitrogen and oxygen atoms in total. The SMILES string of the molecule is CC(=O)Nc1ccc(C(=O)COC(=O)[C@H](C(C)C)N2C(=O)c3ccccc3C2=O)cc1. The second kappa shape index (κ2) is 8.91. The van der Waals surface area contributed by atoms with E-state index in [-0.39, 0.29) is 17.0 Å². The monoisotopic (exact) mass is 422 g/mol. The number of nitrogens with one attached hydrogen (secondary N) is 1. The maximum Gasteiger partial charge on any atom is 0.330 e. The van der Waals surface area contributed by atoms with Crippen molar-refractivity contribution in [3.05, 3.63) is 65.2 Å². The fourth-order valence-corrected chi connectivity index (χ4v) is 3.38. The number of ether oxygens (including phenoxy) is 1. The molecule has 3 rings (SSSR count). The van der Waals surface area contributed by atoms with Crippen LogP contribution in [0.5, 0.6) is 0 Å². The van der Waals surface area contributed by atoms with Crippen LogP contribution in [-0.4, -0.2) is 47.0 Å². The Hall–Kier alpha value is -3.81. The molecule has 0 unspecified atom stereocenters. The van der Waals surface area contributed by atoms with Gasteiger partial charge < -0.3 is 10.1 Å². The number of nitrogens with zero attached hydrogens (tertiary/aromatic N) is 1. The zero-order valence-corrected chi connectivity index (χ0v) is 17.4. The molecule has 0 aromatic heterocycles. The van der Waals surface area contributed by atoms with Crippen molar-refractivity contribution in [1.82, 2.24) is 4.90 Å². The molecule has 1 aliphatic heterocycles. The van der Waals surface area contributed by atoms with Crippen molar-refractivity contribution in [2.75, 3.05) is 11.9 Å². The third kappa shape index (κ3) is 4.53. The lowest BCUT2D eigenvalue weighted by Crippen LogP contribution is -2.49. The Morgan fingerprint density at radius 2 is 1.48 bits per heavy atom. The summed E-state index contributed by atoms with van der Waals surface area (Å²) in [4.78, 5) is 62.6. The molecule has 2 aromatic rings. The van der Waals surface area contributed by atoms with Gasteiger partial charge in [-0.1, -0.05) is 26.0 Å². The van der Waals surface area contributed by atoms with Gasteiger partial charge >= 0.3 is 5.97 Å². The summed E-state index contributed by atoms with van der Waals surface area (Å²) in [6.07, 6.45) is 0. The Morgan fingerprint density at radius 3 is 1.97 bits per heavy atom. The third-order valence-corrected chi connectivity index (χ3v) is 4.85. The summed E-state index contributed by atoms with van der Waals surface area (Å²) >= 11 is 0. The Morgan fingerprint density at radius 1 is 0.935 bits per heavy atom. The standard InChI is InChI=1S/C23H22N2O6/c1-13(2)20(25-21(28)17-6-4-5-7-18(17)22(25)29)23(30)31-12-19(27)15-8-10-16(11-9-15)24-14(3)26/h4-11,13,20H,12H2,1-3H3,(H,24,26)/t20-/m0/s1. The third-order valence-electron chi connectivity index (χ3n) is 4.85. The Kier molecular flexibility index (Phi) is 6.29. The number of benzene rings is 2.